The normalized spacial score (nSPS) is 23.1. The van der Waals surface area contributed by atoms with Gasteiger partial charge in [-0.3, -0.25) is 0 Å². The van der Waals surface area contributed by atoms with Gasteiger partial charge in [0.15, 0.2) is 0 Å². The number of methoxy groups -OCH3 is 1. The molecule has 0 saturated heterocycles. The smallest absolute Gasteiger partial charge is 0.124 e. The summed E-state index contributed by atoms with van der Waals surface area (Å²) in [4.78, 5) is 0. The van der Waals surface area contributed by atoms with Gasteiger partial charge in [0, 0.05) is 18.0 Å². The zero-order valence-corrected chi connectivity index (χ0v) is 10.8. The molecule has 0 fully saturated rings. The molecule has 0 radical (unpaired) electrons. The zero-order valence-electron chi connectivity index (χ0n) is 10.8. The van der Waals surface area contributed by atoms with Crippen LogP contribution in [0.4, 0.5) is 0 Å². The highest BCUT2D eigenvalue weighted by Gasteiger charge is 2.26. The summed E-state index contributed by atoms with van der Waals surface area (Å²) in [5.41, 5.74) is 7.26. The lowest BCUT2D eigenvalue weighted by Gasteiger charge is -2.31. The molecule has 3 heteroatoms. The maximum atomic E-state index is 6.20. The summed E-state index contributed by atoms with van der Waals surface area (Å²) in [6.07, 6.45) is 2.18. The van der Waals surface area contributed by atoms with Gasteiger partial charge in [-0.2, -0.15) is 0 Å². The van der Waals surface area contributed by atoms with Crippen molar-refractivity contribution in [3.8, 4) is 11.5 Å². The van der Waals surface area contributed by atoms with Gasteiger partial charge in [-0.25, -0.2) is 0 Å². The number of fused-ring (bicyclic) bond motifs is 1. The molecule has 94 valence electrons. The first-order chi connectivity index (χ1) is 8.10. The number of nitrogens with two attached hydrogens (primary N) is 1. The van der Waals surface area contributed by atoms with Crippen LogP contribution >= 0.6 is 0 Å². The Balaban J connectivity index is 2.19. The summed E-state index contributed by atoms with van der Waals surface area (Å²) in [5.74, 6) is 2.38. The summed E-state index contributed by atoms with van der Waals surface area (Å²) in [6, 6.07) is 5.91. The van der Waals surface area contributed by atoms with Crippen LogP contribution in [0.15, 0.2) is 18.2 Å². The Morgan fingerprint density at radius 1 is 1.47 bits per heavy atom. The molecular formula is C14H21NO2. The van der Waals surface area contributed by atoms with E-state index in [9.17, 15) is 0 Å². The van der Waals surface area contributed by atoms with E-state index in [1.807, 2.05) is 18.2 Å². The van der Waals surface area contributed by atoms with Crippen molar-refractivity contribution in [1.29, 1.82) is 0 Å². The van der Waals surface area contributed by atoms with E-state index in [0.29, 0.717) is 5.92 Å². The Hall–Kier alpha value is -1.22. The molecule has 2 rings (SSSR count). The number of hydrogen-bond donors (Lipinski definition) is 1. The fourth-order valence-corrected chi connectivity index (χ4v) is 2.36. The maximum absolute atomic E-state index is 6.20. The van der Waals surface area contributed by atoms with Crippen LogP contribution in [-0.4, -0.2) is 13.2 Å². The fourth-order valence-electron chi connectivity index (χ4n) is 2.36. The molecule has 1 heterocycles. The minimum atomic E-state index is 0.0533. The molecule has 1 aromatic rings. The summed E-state index contributed by atoms with van der Waals surface area (Å²) in [6.45, 7) is 4.41. The third kappa shape index (κ3) is 2.72. The molecular weight excluding hydrogens is 214 g/mol. The van der Waals surface area contributed by atoms with Gasteiger partial charge in [-0.15, -0.1) is 0 Å². The van der Waals surface area contributed by atoms with E-state index in [2.05, 4.69) is 13.8 Å². The van der Waals surface area contributed by atoms with Crippen molar-refractivity contribution < 1.29 is 9.47 Å². The van der Waals surface area contributed by atoms with Crippen LogP contribution in [0.3, 0.4) is 0 Å². The second-order valence-corrected chi connectivity index (χ2v) is 5.12. The SMILES string of the molecule is COc1ccc2c(c1)[C@@H](N)CC(CC(C)C)O2. The van der Waals surface area contributed by atoms with Crippen LogP contribution in [0.5, 0.6) is 11.5 Å². The van der Waals surface area contributed by atoms with Crippen molar-refractivity contribution in [2.45, 2.75) is 38.8 Å². The summed E-state index contributed by atoms with van der Waals surface area (Å²) in [7, 11) is 1.67. The largest absolute Gasteiger partial charge is 0.497 e. The number of benzene rings is 1. The van der Waals surface area contributed by atoms with Crippen molar-refractivity contribution in [3.05, 3.63) is 23.8 Å². The first-order valence-corrected chi connectivity index (χ1v) is 6.20. The number of hydrogen-bond acceptors (Lipinski definition) is 3. The minimum Gasteiger partial charge on any atom is -0.497 e. The summed E-state index contributed by atoms with van der Waals surface area (Å²) in [5, 5.41) is 0. The average Bonchev–Trinajstić information content (AvgIpc) is 2.28. The molecule has 1 aliphatic rings. The van der Waals surface area contributed by atoms with Crippen LogP contribution < -0.4 is 15.2 Å². The lowest BCUT2D eigenvalue weighted by molar-refractivity contribution is 0.136. The first kappa shape index (κ1) is 12.2. The molecule has 2 atom stereocenters. The zero-order chi connectivity index (χ0) is 12.4. The van der Waals surface area contributed by atoms with E-state index in [-0.39, 0.29) is 12.1 Å². The second-order valence-electron chi connectivity index (χ2n) is 5.12. The predicted molar refractivity (Wildman–Crippen MR) is 68.4 cm³/mol. The van der Waals surface area contributed by atoms with Crippen LogP contribution in [0.2, 0.25) is 0 Å². The van der Waals surface area contributed by atoms with Gasteiger partial charge in [0.05, 0.1) is 7.11 Å². The van der Waals surface area contributed by atoms with Crippen LogP contribution in [0, 0.1) is 5.92 Å². The fraction of sp³-hybridized carbons (Fsp3) is 0.571. The molecule has 1 aliphatic heterocycles. The standard InChI is InChI=1S/C14H21NO2/c1-9(2)6-11-8-13(15)12-7-10(16-3)4-5-14(12)17-11/h4-5,7,9,11,13H,6,8,15H2,1-3H3/t11?,13-/m0/s1. The van der Waals surface area contributed by atoms with Gasteiger partial charge in [0.2, 0.25) is 0 Å². The van der Waals surface area contributed by atoms with Crippen LogP contribution in [0.1, 0.15) is 38.3 Å². The molecule has 3 nitrogen and oxygen atoms in total. The average molecular weight is 235 g/mol. The van der Waals surface area contributed by atoms with E-state index in [1.165, 1.54) is 0 Å². The topological polar surface area (TPSA) is 44.5 Å². The van der Waals surface area contributed by atoms with Gasteiger partial charge in [0.1, 0.15) is 17.6 Å². The van der Waals surface area contributed by atoms with E-state index in [4.69, 9.17) is 15.2 Å². The van der Waals surface area contributed by atoms with Gasteiger partial charge in [0.25, 0.3) is 0 Å². The highest BCUT2D eigenvalue weighted by atomic mass is 16.5. The Kier molecular flexibility index (Phi) is 3.57. The molecule has 1 aromatic carbocycles. The second kappa shape index (κ2) is 4.96. The highest BCUT2D eigenvalue weighted by Crippen LogP contribution is 2.37. The monoisotopic (exact) mass is 235 g/mol. The third-order valence-electron chi connectivity index (χ3n) is 3.16. The predicted octanol–water partition coefficient (Wildman–Crippen LogP) is 2.89. The van der Waals surface area contributed by atoms with E-state index < -0.39 is 0 Å². The maximum Gasteiger partial charge on any atom is 0.124 e. The van der Waals surface area contributed by atoms with Crippen molar-refractivity contribution in [1.82, 2.24) is 0 Å². The lowest BCUT2D eigenvalue weighted by atomic mass is 9.93. The molecule has 17 heavy (non-hydrogen) atoms. The van der Waals surface area contributed by atoms with E-state index in [0.717, 1.165) is 29.9 Å². The number of rotatable bonds is 3. The Morgan fingerprint density at radius 3 is 2.88 bits per heavy atom. The van der Waals surface area contributed by atoms with E-state index in [1.54, 1.807) is 7.11 Å². The molecule has 0 saturated carbocycles. The van der Waals surface area contributed by atoms with Crippen LogP contribution in [-0.2, 0) is 0 Å². The Bertz CT molecular complexity index is 390. The Labute approximate surface area is 103 Å². The van der Waals surface area contributed by atoms with Crippen molar-refractivity contribution in [2.75, 3.05) is 7.11 Å². The summed E-state index contributed by atoms with van der Waals surface area (Å²) >= 11 is 0. The van der Waals surface area contributed by atoms with Crippen molar-refractivity contribution in [2.24, 2.45) is 11.7 Å². The van der Waals surface area contributed by atoms with Crippen LogP contribution in [0.25, 0.3) is 0 Å². The minimum absolute atomic E-state index is 0.0533. The first-order valence-electron chi connectivity index (χ1n) is 6.20. The molecule has 1 unspecified atom stereocenters. The molecule has 0 amide bonds. The van der Waals surface area contributed by atoms with Gasteiger partial charge >= 0.3 is 0 Å². The lowest BCUT2D eigenvalue weighted by Crippen LogP contribution is -2.30. The molecule has 0 spiro atoms. The number of ether oxygens (including phenoxy) is 2. The van der Waals surface area contributed by atoms with Crippen molar-refractivity contribution in [3.63, 3.8) is 0 Å². The van der Waals surface area contributed by atoms with Crippen molar-refractivity contribution >= 4 is 0 Å². The van der Waals surface area contributed by atoms with Gasteiger partial charge in [-0.1, -0.05) is 13.8 Å². The molecule has 0 bridgehead atoms. The summed E-state index contributed by atoms with van der Waals surface area (Å²) < 4.78 is 11.2. The van der Waals surface area contributed by atoms with E-state index >= 15 is 0 Å². The Morgan fingerprint density at radius 2 is 2.24 bits per heavy atom. The van der Waals surface area contributed by atoms with Gasteiger partial charge < -0.3 is 15.2 Å². The quantitative estimate of drug-likeness (QED) is 0.876. The molecule has 0 aliphatic carbocycles. The van der Waals surface area contributed by atoms with Gasteiger partial charge in [-0.05, 0) is 30.5 Å². The molecule has 0 aromatic heterocycles. The molecule has 2 N–H and O–H groups in total. The highest BCUT2D eigenvalue weighted by molar-refractivity contribution is 5.43. The third-order valence-corrected chi connectivity index (χ3v) is 3.16.